The molecule has 4 heterocycles. The topological polar surface area (TPSA) is 88.2 Å². The summed E-state index contributed by atoms with van der Waals surface area (Å²) in [5.74, 6) is -0.0960. The number of aryl methyl sites for hydroxylation is 2. The van der Waals surface area contributed by atoms with Crippen molar-refractivity contribution in [3.63, 3.8) is 0 Å². The Morgan fingerprint density at radius 3 is 2.40 bits per heavy atom. The van der Waals surface area contributed by atoms with E-state index in [1.807, 2.05) is 26.4 Å². The second-order valence-electron chi connectivity index (χ2n) is 9.48. The van der Waals surface area contributed by atoms with Gasteiger partial charge in [-0.2, -0.15) is 5.10 Å². The third-order valence-corrected chi connectivity index (χ3v) is 8.93. The molecule has 4 aromatic rings. The van der Waals surface area contributed by atoms with Crippen LogP contribution in [-0.2, 0) is 26.5 Å². The van der Waals surface area contributed by atoms with Gasteiger partial charge in [0.25, 0.3) is 10.0 Å². The van der Waals surface area contributed by atoms with Gasteiger partial charge in [-0.05, 0) is 49.4 Å². The minimum Gasteiger partial charge on any atom is -0.348 e. The van der Waals surface area contributed by atoms with Crippen LogP contribution in [0.1, 0.15) is 42.9 Å². The van der Waals surface area contributed by atoms with E-state index in [4.69, 9.17) is 14.5 Å². The van der Waals surface area contributed by atoms with Crippen molar-refractivity contribution in [1.82, 2.24) is 18.7 Å². The van der Waals surface area contributed by atoms with E-state index < -0.39 is 15.8 Å². The first-order chi connectivity index (χ1) is 16.9. The number of benzene rings is 1. The maximum Gasteiger partial charge on any atom is 0.269 e. The SMILES string of the molecule is Cc1nn(C)cc1-c1cn(S(=O)(=O)c2ccccc2)c2ncc(C3CCC4(CC3)OCCO4)cc12. The van der Waals surface area contributed by atoms with Gasteiger partial charge in [-0.1, -0.05) is 18.2 Å². The number of fused-ring (bicyclic) bond motifs is 1. The molecule has 2 aliphatic rings. The van der Waals surface area contributed by atoms with Crippen molar-refractivity contribution >= 4 is 21.1 Å². The molecule has 0 radical (unpaired) electrons. The van der Waals surface area contributed by atoms with E-state index in [0.717, 1.165) is 53.5 Å². The lowest BCUT2D eigenvalue weighted by Gasteiger charge is -2.35. The van der Waals surface area contributed by atoms with Crippen LogP contribution < -0.4 is 0 Å². The zero-order chi connectivity index (χ0) is 24.2. The number of nitrogens with zero attached hydrogens (tertiary/aromatic N) is 4. The molecule has 1 aliphatic heterocycles. The summed E-state index contributed by atoms with van der Waals surface area (Å²) >= 11 is 0. The van der Waals surface area contributed by atoms with Crippen LogP contribution in [0.5, 0.6) is 0 Å². The Bertz CT molecular complexity index is 1490. The maximum absolute atomic E-state index is 13.6. The van der Waals surface area contributed by atoms with Crippen LogP contribution in [0, 0.1) is 6.92 Å². The smallest absolute Gasteiger partial charge is 0.269 e. The lowest BCUT2D eigenvalue weighted by atomic mass is 9.81. The summed E-state index contributed by atoms with van der Waals surface area (Å²) in [7, 11) is -1.95. The second-order valence-corrected chi connectivity index (χ2v) is 11.3. The molecule has 1 aliphatic carbocycles. The molecular formula is C26H28N4O4S. The predicted octanol–water partition coefficient (Wildman–Crippen LogP) is 4.38. The first-order valence-electron chi connectivity index (χ1n) is 12.0. The molecule has 0 bridgehead atoms. The number of hydrogen-bond acceptors (Lipinski definition) is 6. The third-order valence-electron chi connectivity index (χ3n) is 7.27. The first-order valence-corrected chi connectivity index (χ1v) is 13.4. The fourth-order valence-electron chi connectivity index (χ4n) is 5.46. The fourth-order valence-corrected chi connectivity index (χ4v) is 6.81. The summed E-state index contributed by atoms with van der Waals surface area (Å²) in [5.41, 5.74) is 4.08. The standard InChI is InChI=1S/C26H28N4O4S/c1-18-23(16-29(2)28-18)24-17-30(35(31,32)21-6-4-3-5-7-21)25-22(24)14-20(15-27-25)19-8-10-26(11-9-19)33-12-13-34-26/h3-7,14-17,19H,8-13H2,1-2H3. The third kappa shape index (κ3) is 3.78. The predicted molar refractivity (Wildman–Crippen MR) is 132 cm³/mol. The van der Waals surface area contributed by atoms with Gasteiger partial charge >= 0.3 is 0 Å². The molecule has 0 amide bonds. The van der Waals surface area contributed by atoms with Crippen LogP contribution in [0.25, 0.3) is 22.2 Å². The van der Waals surface area contributed by atoms with E-state index in [0.29, 0.717) is 24.8 Å². The van der Waals surface area contributed by atoms with Crippen LogP contribution in [0.4, 0.5) is 0 Å². The summed E-state index contributed by atoms with van der Waals surface area (Å²) in [4.78, 5) is 4.94. The fraction of sp³-hybridized carbons (Fsp3) is 0.385. The molecule has 1 aromatic carbocycles. The van der Waals surface area contributed by atoms with Crippen LogP contribution in [0.2, 0.25) is 0 Å². The van der Waals surface area contributed by atoms with E-state index in [-0.39, 0.29) is 4.90 Å². The Morgan fingerprint density at radius 1 is 1.03 bits per heavy atom. The highest BCUT2D eigenvalue weighted by Crippen LogP contribution is 2.43. The van der Waals surface area contributed by atoms with Gasteiger partial charge in [-0.15, -0.1) is 0 Å². The summed E-state index contributed by atoms with van der Waals surface area (Å²) in [6.07, 6.45) is 9.04. The van der Waals surface area contributed by atoms with Gasteiger partial charge in [0.2, 0.25) is 0 Å². The highest BCUT2D eigenvalue weighted by molar-refractivity contribution is 7.90. The number of rotatable bonds is 4. The van der Waals surface area contributed by atoms with Crippen molar-refractivity contribution in [2.75, 3.05) is 13.2 Å². The summed E-state index contributed by atoms with van der Waals surface area (Å²) in [5, 5.41) is 5.30. The van der Waals surface area contributed by atoms with Crippen LogP contribution >= 0.6 is 0 Å². The molecule has 2 fully saturated rings. The van der Waals surface area contributed by atoms with Gasteiger partial charge in [-0.3, -0.25) is 4.68 Å². The number of pyridine rings is 1. The highest BCUT2D eigenvalue weighted by atomic mass is 32.2. The monoisotopic (exact) mass is 492 g/mol. The van der Waals surface area contributed by atoms with Crippen molar-refractivity contribution in [2.24, 2.45) is 7.05 Å². The molecule has 35 heavy (non-hydrogen) atoms. The van der Waals surface area contributed by atoms with Crippen LogP contribution in [-0.4, -0.2) is 46.2 Å². The van der Waals surface area contributed by atoms with Gasteiger partial charge in [0.05, 0.1) is 23.8 Å². The molecule has 0 N–H and O–H groups in total. The Balaban J connectivity index is 1.46. The molecule has 8 nitrogen and oxygen atoms in total. The molecule has 182 valence electrons. The average Bonchev–Trinajstić information content (AvgIpc) is 3.57. The van der Waals surface area contributed by atoms with Gasteiger partial charge < -0.3 is 9.47 Å². The summed E-state index contributed by atoms with van der Waals surface area (Å²) in [6.45, 7) is 3.26. The summed E-state index contributed by atoms with van der Waals surface area (Å²) < 4.78 is 42.0. The Hall–Kier alpha value is -3.01. The van der Waals surface area contributed by atoms with E-state index >= 15 is 0 Å². The van der Waals surface area contributed by atoms with E-state index in [2.05, 4.69) is 11.2 Å². The Labute approximate surface area is 204 Å². The Kier molecular flexibility index (Phi) is 5.32. The molecule has 0 unspecified atom stereocenters. The maximum atomic E-state index is 13.6. The van der Waals surface area contributed by atoms with Gasteiger partial charge in [0, 0.05) is 55.0 Å². The van der Waals surface area contributed by atoms with Crippen molar-refractivity contribution in [3.05, 3.63) is 66.2 Å². The van der Waals surface area contributed by atoms with E-state index in [1.165, 1.54) is 3.97 Å². The van der Waals surface area contributed by atoms with Gasteiger partial charge in [0.1, 0.15) is 0 Å². The zero-order valence-electron chi connectivity index (χ0n) is 19.8. The lowest BCUT2D eigenvalue weighted by molar-refractivity contribution is -0.178. The molecule has 1 spiro atoms. The molecule has 9 heteroatoms. The van der Waals surface area contributed by atoms with Crippen LogP contribution in [0.15, 0.2) is 59.9 Å². The van der Waals surface area contributed by atoms with Crippen molar-refractivity contribution < 1.29 is 17.9 Å². The van der Waals surface area contributed by atoms with E-state index in [9.17, 15) is 8.42 Å². The molecule has 6 rings (SSSR count). The second kappa shape index (κ2) is 8.29. The number of aromatic nitrogens is 4. The van der Waals surface area contributed by atoms with Gasteiger partial charge in [-0.25, -0.2) is 17.4 Å². The molecular weight excluding hydrogens is 464 g/mol. The zero-order valence-corrected chi connectivity index (χ0v) is 20.7. The normalized spacial score (nSPS) is 18.6. The van der Waals surface area contributed by atoms with Crippen molar-refractivity contribution in [1.29, 1.82) is 0 Å². The number of ether oxygens (including phenoxy) is 2. The average molecular weight is 493 g/mol. The molecule has 3 aromatic heterocycles. The Morgan fingerprint density at radius 2 is 1.74 bits per heavy atom. The highest BCUT2D eigenvalue weighted by Gasteiger charge is 2.40. The summed E-state index contributed by atoms with van der Waals surface area (Å²) in [6, 6.07) is 10.6. The van der Waals surface area contributed by atoms with Crippen LogP contribution in [0.3, 0.4) is 0 Å². The largest absolute Gasteiger partial charge is 0.348 e. The van der Waals surface area contributed by atoms with Crippen molar-refractivity contribution in [3.8, 4) is 11.1 Å². The van der Waals surface area contributed by atoms with E-state index in [1.54, 1.807) is 41.2 Å². The quantitative estimate of drug-likeness (QED) is 0.420. The minimum atomic E-state index is -3.82. The molecule has 1 saturated heterocycles. The lowest BCUT2D eigenvalue weighted by Crippen LogP contribution is -2.34. The number of hydrogen-bond donors (Lipinski definition) is 0. The first kappa shape index (κ1) is 22.5. The van der Waals surface area contributed by atoms with Gasteiger partial charge in [0.15, 0.2) is 11.4 Å². The molecule has 0 atom stereocenters. The molecule has 1 saturated carbocycles. The minimum absolute atomic E-state index is 0.228. The van der Waals surface area contributed by atoms with Crippen molar-refractivity contribution in [2.45, 2.75) is 49.2 Å².